The zero-order chi connectivity index (χ0) is 32.7. The standard InChI is InChI=1S/C34H35F3N4O4/c1-5-22-6-7-27(39-19-22)9-11-45-30-17-29(44-4)15-24-8-10-41(33(43)31(24)30)20-23-13-26(34(35,36)37)16-28(14-23)40-32(42)25(18-38)12-21(2)3/h6-7,12-17,19,21H,5,8-11,20H2,1-4H3,(H,40,42). The van der Waals surface area contributed by atoms with Gasteiger partial charge < -0.3 is 19.7 Å². The molecule has 1 aliphatic heterocycles. The van der Waals surface area contributed by atoms with Crippen LogP contribution < -0.4 is 14.8 Å². The van der Waals surface area contributed by atoms with Crippen LogP contribution in [0.1, 0.15) is 59.1 Å². The van der Waals surface area contributed by atoms with Crippen LogP contribution in [0.2, 0.25) is 0 Å². The monoisotopic (exact) mass is 620 g/mol. The number of ether oxygens (including phenoxy) is 2. The van der Waals surface area contributed by atoms with E-state index in [9.17, 15) is 28.0 Å². The second kappa shape index (κ2) is 14.3. The number of anilines is 1. The summed E-state index contributed by atoms with van der Waals surface area (Å²) in [5.41, 5.74) is 1.85. The van der Waals surface area contributed by atoms with Crippen molar-refractivity contribution < 1.29 is 32.2 Å². The molecule has 2 aromatic carbocycles. The molecule has 2 heterocycles. The maximum absolute atomic E-state index is 13.8. The zero-order valence-corrected chi connectivity index (χ0v) is 25.6. The first-order valence-corrected chi connectivity index (χ1v) is 14.6. The predicted molar refractivity (Wildman–Crippen MR) is 163 cm³/mol. The van der Waals surface area contributed by atoms with Crippen LogP contribution in [0, 0.1) is 17.2 Å². The van der Waals surface area contributed by atoms with Gasteiger partial charge in [0.2, 0.25) is 0 Å². The van der Waals surface area contributed by atoms with Gasteiger partial charge >= 0.3 is 6.18 Å². The minimum atomic E-state index is -4.71. The fourth-order valence-corrected chi connectivity index (χ4v) is 5.00. The molecule has 11 heteroatoms. The Morgan fingerprint density at radius 2 is 1.96 bits per heavy atom. The fraction of sp³-hybridized carbons (Fsp3) is 0.353. The van der Waals surface area contributed by atoms with Crippen molar-refractivity contribution in [3.8, 4) is 17.6 Å². The van der Waals surface area contributed by atoms with Crippen molar-refractivity contribution >= 4 is 17.5 Å². The Hall–Kier alpha value is -4.85. The van der Waals surface area contributed by atoms with Crippen LogP contribution in [0.4, 0.5) is 18.9 Å². The number of methoxy groups -OCH3 is 1. The van der Waals surface area contributed by atoms with Crippen molar-refractivity contribution in [1.29, 1.82) is 5.26 Å². The number of hydrogen-bond acceptors (Lipinski definition) is 6. The molecule has 0 aliphatic carbocycles. The number of rotatable bonds is 11. The molecule has 1 aromatic heterocycles. The summed E-state index contributed by atoms with van der Waals surface area (Å²) in [6.45, 7) is 5.95. The summed E-state index contributed by atoms with van der Waals surface area (Å²) in [5.74, 6) is -0.479. The third-order valence-corrected chi connectivity index (χ3v) is 7.27. The summed E-state index contributed by atoms with van der Waals surface area (Å²) < 4.78 is 53.0. The number of nitriles is 1. The molecule has 2 amide bonds. The number of nitrogens with zero attached hydrogens (tertiary/aromatic N) is 3. The highest BCUT2D eigenvalue weighted by molar-refractivity contribution is 6.06. The van der Waals surface area contributed by atoms with Crippen LogP contribution in [0.15, 0.2) is 60.3 Å². The van der Waals surface area contributed by atoms with E-state index in [4.69, 9.17) is 9.47 Å². The summed E-state index contributed by atoms with van der Waals surface area (Å²) >= 11 is 0. The lowest BCUT2D eigenvalue weighted by Crippen LogP contribution is -2.37. The van der Waals surface area contributed by atoms with E-state index in [1.165, 1.54) is 24.2 Å². The van der Waals surface area contributed by atoms with Crippen molar-refractivity contribution in [2.45, 2.75) is 52.8 Å². The first-order valence-electron chi connectivity index (χ1n) is 14.6. The topological polar surface area (TPSA) is 105 Å². The zero-order valence-electron chi connectivity index (χ0n) is 25.6. The van der Waals surface area contributed by atoms with Gasteiger partial charge in [-0.05, 0) is 65.8 Å². The Balaban J connectivity index is 1.58. The molecular weight excluding hydrogens is 585 g/mol. The molecule has 0 atom stereocenters. The van der Waals surface area contributed by atoms with E-state index in [0.29, 0.717) is 35.5 Å². The molecule has 0 spiro atoms. The number of allylic oxidation sites excluding steroid dienone is 1. The summed E-state index contributed by atoms with van der Waals surface area (Å²) in [4.78, 5) is 32.3. The van der Waals surface area contributed by atoms with E-state index in [1.54, 1.807) is 32.0 Å². The van der Waals surface area contributed by atoms with Gasteiger partial charge in [-0.25, -0.2) is 0 Å². The van der Waals surface area contributed by atoms with E-state index in [-0.39, 0.29) is 42.4 Å². The van der Waals surface area contributed by atoms with Gasteiger partial charge in [0, 0.05) is 43.2 Å². The fourth-order valence-electron chi connectivity index (χ4n) is 5.00. The van der Waals surface area contributed by atoms with E-state index >= 15 is 0 Å². The highest BCUT2D eigenvalue weighted by Gasteiger charge is 2.33. The van der Waals surface area contributed by atoms with Crippen molar-refractivity contribution in [3.05, 3.63) is 93.8 Å². The SMILES string of the molecule is CCc1ccc(CCOc2cc(OC)cc3c2C(=O)N(Cc2cc(NC(=O)C(C#N)=CC(C)C)cc(C(F)(F)F)c2)CC3)nc1. The molecule has 0 unspecified atom stereocenters. The summed E-state index contributed by atoms with van der Waals surface area (Å²) in [6.07, 6.45) is 0.366. The summed E-state index contributed by atoms with van der Waals surface area (Å²) in [5, 5.41) is 11.8. The van der Waals surface area contributed by atoms with Gasteiger partial charge in [-0.2, -0.15) is 18.4 Å². The minimum Gasteiger partial charge on any atom is -0.497 e. The Morgan fingerprint density at radius 3 is 2.58 bits per heavy atom. The van der Waals surface area contributed by atoms with E-state index in [2.05, 4.69) is 10.3 Å². The second-order valence-corrected chi connectivity index (χ2v) is 11.1. The third kappa shape index (κ3) is 8.41. The van der Waals surface area contributed by atoms with Crippen LogP contribution in [0.3, 0.4) is 0 Å². The van der Waals surface area contributed by atoms with Gasteiger partial charge in [0.1, 0.15) is 23.1 Å². The van der Waals surface area contributed by atoms with Crippen LogP contribution in [-0.2, 0) is 36.8 Å². The van der Waals surface area contributed by atoms with E-state index in [1.807, 2.05) is 25.3 Å². The lowest BCUT2D eigenvalue weighted by Gasteiger charge is -2.30. The molecular formula is C34H35F3N4O4. The molecule has 0 bridgehead atoms. The van der Waals surface area contributed by atoms with Crippen LogP contribution in [-0.4, -0.2) is 42.0 Å². The Kier molecular flexibility index (Phi) is 10.5. The molecule has 1 aliphatic rings. The summed E-state index contributed by atoms with van der Waals surface area (Å²) in [6, 6.07) is 12.3. The number of fused-ring (bicyclic) bond motifs is 1. The van der Waals surface area contributed by atoms with Crippen LogP contribution in [0.25, 0.3) is 0 Å². The Labute approximate surface area is 260 Å². The number of pyridine rings is 1. The molecule has 0 radical (unpaired) electrons. The average Bonchev–Trinajstić information content (AvgIpc) is 3.00. The van der Waals surface area contributed by atoms with Gasteiger partial charge in [-0.15, -0.1) is 0 Å². The third-order valence-electron chi connectivity index (χ3n) is 7.27. The largest absolute Gasteiger partial charge is 0.497 e. The Morgan fingerprint density at radius 1 is 1.18 bits per heavy atom. The first kappa shape index (κ1) is 33.1. The number of halogens is 3. The van der Waals surface area contributed by atoms with Crippen molar-refractivity contribution in [2.75, 3.05) is 25.6 Å². The van der Waals surface area contributed by atoms with Crippen molar-refractivity contribution in [2.24, 2.45) is 5.92 Å². The number of carbonyl (C=O) groups is 2. The molecule has 3 aromatic rings. The second-order valence-electron chi connectivity index (χ2n) is 11.1. The lowest BCUT2D eigenvalue weighted by molar-refractivity contribution is -0.137. The molecule has 0 fully saturated rings. The minimum absolute atomic E-state index is 0.117. The maximum atomic E-state index is 13.8. The van der Waals surface area contributed by atoms with Gasteiger partial charge in [0.25, 0.3) is 11.8 Å². The highest BCUT2D eigenvalue weighted by atomic mass is 19.4. The first-order chi connectivity index (χ1) is 21.4. The van der Waals surface area contributed by atoms with Gasteiger partial charge in [0.15, 0.2) is 0 Å². The Bertz CT molecular complexity index is 1630. The number of amides is 2. The average molecular weight is 621 g/mol. The highest BCUT2D eigenvalue weighted by Crippen LogP contribution is 2.36. The molecule has 45 heavy (non-hydrogen) atoms. The molecule has 0 saturated heterocycles. The van der Waals surface area contributed by atoms with Crippen molar-refractivity contribution in [3.63, 3.8) is 0 Å². The normalized spacial score (nSPS) is 13.4. The lowest BCUT2D eigenvalue weighted by atomic mass is 9.96. The quantitative estimate of drug-likeness (QED) is 0.193. The van der Waals surface area contributed by atoms with Crippen molar-refractivity contribution in [1.82, 2.24) is 9.88 Å². The van der Waals surface area contributed by atoms with E-state index < -0.39 is 23.6 Å². The van der Waals surface area contributed by atoms with Crippen LogP contribution in [0.5, 0.6) is 11.5 Å². The molecule has 0 saturated carbocycles. The predicted octanol–water partition coefficient (Wildman–Crippen LogP) is 6.54. The smallest absolute Gasteiger partial charge is 0.416 e. The number of hydrogen-bond donors (Lipinski definition) is 1. The van der Waals surface area contributed by atoms with Gasteiger partial charge in [-0.1, -0.05) is 32.9 Å². The molecule has 1 N–H and O–H groups in total. The van der Waals surface area contributed by atoms with Crippen LogP contribution >= 0.6 is 0 Å². The van der Waals surface area contributed by atoms with Gasteiger partial charge in [-0.3, -0.25) is 14.6 Å². The van der Waals surface area contributed by atoms with Gasteiger partial charge in [0.05, 0.1) is 24.8 Å². The maximum Gasteiger partial charge on any atom is 0.416 e. The molecule has 8 nitrogen and oxygen atoms in total. The number of benzene rings is 2. The summed E-state index contributed by atoms with van der Waals surface area (Å²) in [7, 11) is 1.52. The number of aromatic nitrogens is 1. The number of nitrogens with one attached hydrogen (secondary N) is 1. The molecule has 4 rings (SSSR count). The number of carbonyl (C=O) groups excluding carboxylic acids is 2. The molecule has 236 valence electrons. The number of aryl methyl sites for hydroxylation is 1. The van der Waals surface area contributed by atoms with E-state index in [0.717, 1.165) is 29.8 Å². The number of alkyl halides is 3.